The highest BCUT2D eigenvalue weighted by atomic mass is 35.5. The second-order valence-corrected chi connectivity index (χ2v) is 6.13. The lowest BCUT2D eigenvalue weighted by molar-refractivity contribution is -0.124. The topological polar surface area (TPSA) is 73.9 Å². The minimum Gasteiger partial charge on any atom is -0.454 e. The van der Waals surface area contributed by atoms with Gasteiger partial charge in [-0.3, -0.25) is 4.79 Å². The first kappa shape index (κ1) is 18.9. The van der Waals surface area contributed by atoms with E-state index in [1.807, 2.05) is 0 Å². The Bertz CT molecular complexity index is 906. The summed E-state index contributed by atoms with van der Waals surface area (Å²) in [5.41, 5.74) is 0.398. The van der Waals surface area contributed by atoms with Gasteiger partial charge in [-0.25, -0.2) is 13.6 Å². The number of nitrogens with one attached hydrogen (secondary N) is 1. The third kappa shape index (κ3) is 4.28. The van der Waals surface area contributed by atoms with Crippen LogP contribution in [-0.4, -0.2) is 25.3 Å². The van der Waals surface area contributed by atoms with Gasteiger partial charge in [-0.1, -0.05) is 17.7 Å². The van der Waals surface area contributed by atoms with Crippen molar-refractivity contribution in [3.05, 3.63) is 58.1 Å². The molecule has 9 heteroatoms. The molecule has 1 heterocycles. The molecule has 1 atom stereocenters. The van der Waals surface area contributed by atoms with Crippen LogP contribution in [0.15, 0.2) is 30.3 Å². The average molecular weight is 398 g/mol. The predicted octanol–water partition coefficient (Wildman–Crippen LogP) is 3.38. The Labute approximate surface area is 158 Å². The van der Waals surface area contributed by atoms with Crippen LogP contribution in [0, 0.1) is 11.6 Å². The molecule has 0 unspecified atom stereocenters. The lowest BCUT2D eigenvalue weighted by Gasteiger charge is -2.15. The number of carbonyl (C=O) groups is 2. The van der Waals surface area contributed by atoms with Crippen molar-refractivity contribution in [1.82, 2.24) is 5.32 Å². The van der Waals surface area contributed by atoms with Gasteiger partial charge >= 0.3 is 5.97 Å². The van der Waals surface area contributed by atoms with Gasteiger partial charge in [-0.15, -0.1) is 0 Å². The van der Waals surface area contributed by atoms with Crippen LogP contribution in [0.25, 0.3) is 0 Å². The Morgan fingerprint density at radius 3 is 2.67 bits per heavy atom. The fraction of sp³-hybridized carbons (Fsp3) is 0.222. The zero-order valence-electron chi connectivity index (χ0n) is 14.1. The number of benzene rings is 2. The molecule has 3 rings (SSSR count). The molecular weight excluding hydrogens is 384 g/mol. The van der Waals surface area contributed by atoms with Gasteiger partial charge in [0.05, 0.1) is 16.6 Å². The summed E-state index contributed by atoms with van der Waals surface area (Å²) in [5, 5.41) is 2.34. The molecule has 0 saturated heterocycles. The van der Waals surface area contributed by atoms with Crippen molar-refractivity contribution in [3.63, 3.8) is 0 Å². The van der Waals surface area contributed by atoms with Gasteiger partial charge in [-0.2, -0.15) is 0 Å². The second-order valence-electron chi connectivity index (χ2n) is 5.72. The first-order chi connectivity index (χ1) is 12.8. The van der Waals surface area contributed by atoms with Gasteiger partial charge in [0.15, 0.2) is 29.7 Å². The molecule has 0 saturated carbocycles. The average Bonchev–Trinajstić information content (AvgIpc) is 3.10. The van der Waals surface area contributed by atoms with E-state index in [9.17, 15) is 18.4 Å². The number of carbonyl (C=O) groups excluding carboxylic acids is 2. The molecule has 0 fully saturated rings. The van der Waals surface area contributed by atoms with Crippen molar-refractivity contribution >= 4 is 23.5 Å². The van der Waals surface area contributed by atoms with Crippen LogP contribution in [0.5, 0.6) is 11.5 Å². The third-order valence-corrected chi connectivity index (χ3v) is 4.15. The summed E-state index contributed by atoms with van der Waals surface area (Å²) in [7, 11) is 0. The summed E-state index contributed by atoms with van der Waals surface area (Å²) in [5.74, 6) is -2.85. The summed E-state index contributed by atoms with van der Waals surface area (Å²) < 4.78 is 41.6. The maximum Gasteiger partial charge on any atom is 0.340 e. The summed E-state index contributed by atoms with van der Waals surface area (Å²) in [6, 6.07) is 6.12. The van der Waals surface area contributed by atoms with E-state index in [-0.39, 0.29) is 17.4 Å². The summed E-state index contributed by atoms with van der Waals surface area (Å²) in [6.45, 7) is 1.27. The number of esters is 1. The summed E-state index contributed by atoms with van der Waals surface area (Å²) in [6.07, 6.45) is 0. The first-order valence-corrected chi connectivity index (χ1v) is 8.23. The van der Waals surface area contributed by atoms with Crippen LogP contribution in [0.2, 0.25) is 5.02 Å². The van der Waals surface area contributed by atoms with Gasteiger partial charge in [0.1, 0.15) is 0 Å². The molecule has 1 amide bonds. The Hall–Kier alpha value is -2.87. The van der Waals surface area contributed by atoms with Crippen LogP contribution in [0.1, 0.15) is 28.9 Å². The fourth-order valence-corrected chi connectivity index (χ4v) is 2.66. The van der Waals surface area contributed by atoms with Crippen LogP contribution < -0.4 is 14.8 Å². The molecule has 1 aliphatic heterocycles. The molecule has 0 spiro atoms. The van der Waals surface area contributed by atoms with E-state index in [1.54, 1.807) is 25.1 Å². The number of rotatable bonds is 5. The smallest absolute Gasteiger partial charge is 0.340 e. The van der Waals surface area contributed by atoms with E-state index < -0.39 is 36.2 Å². The SMILES string of the molecule is C[C@@H](NC(=O)COC(=O)c1cc(F)c(F)cc1Cl)c1ccc2c(c1)OCO2. The molecule has 27 heavy (non-hydrogen) atoms. The van der Waals surface area contributed by atoms with Crippen molar-refractivity contribution in [2.24, 2.45) is 0 Å². The molecule has 0 radical (unpaired) electrons. The van der Waals surface area contributed by atoms with Crippen molar-refractivity contribution in [2.75, 3.05) is 13.4 Å². The van der Waals surface area contributed by atoms with Crippen molar-refractivity contribution in [2.45, 2.75) is 13.0 Å². The lowest BCUT2D eigenvalue weighted by atomic mass is 10.1. The number of ether oxygens (including phenoxy) is 3. The maximum absolute atomic E-state index is 13.2. The minimum atomic E-state index is -1.24. The van der Waals surface area contributed by atoms with E-state index >= 15 is 0 Å². The molecule has 2 aromatic carbocycles. The molecule has 0 bridgehead atoms. The quantitative estimate of drug-likeness (QED) is 0.618. The Morgan fingerprint density at radius 1 is 1.19 bits per heavy atom. The van der Waals surface area contributed by atoms with E-state index in [0.29, 0.717) is 23.6 Å². The van der Waals surface area contributed by atoms with Crippen LogP contribution in [-0.2, 0) is 9.53 Å². The predicted molar refractivity (Wildman–Crippen MR) is 90.8 cm³/mol. The van der Waals surface area contributed by atoms with Crippen molar-refractivity contribution in [1.29, 1.82) is 0 Å². The summed E-state index contributed by atoms with van der Waals surface area (Å²) >= 11 is 5.69. The molecule has 0 aromatic heterocycles. The minimum absolute atomic E-state index is 0.141. The van der Waals surface area contributed by atoms with Crippen LogP contribution in [0.4, 0.5) is 8.78 Å². The standard InChI is InChI=1S/C18H14ClF2NO5/c1-9(10-2-3-15-16(4-10)27-8-26-15)22-17(23)7-25-18(24)11-5-13(20)14(21)6-12(11)19/h2-6,9H,7-8H2,1H3,(H,22,23)/t9-/m1/s1. The summed E-state index contributed by atoms with van der Waals surface area (Å²) in [4.78, 5) is 23.9. The largest absolute Gasteiger partial charge is 0.454 e. The maximum atomic E-state index is 13.2. The van der Waals surface area contributed by atoms with Gasteiger partial charge in [0, 0.05) is 0 Å². The fourth-order valence-electron chi connectivity index (χ4n) is 2.44. The second kappa shape index (κ2) is 7.79. The first-order valence-electron chi connectivity index (χ1n) is 7.85. The third-order valence-electron chi connectivity index (χ3n) is 3.84. The lowest BCUT2D eigenvalue weighted by Crippen LogP contribution is -2.31. The normalized spacial score (nSPS) is 13.2. The van der Waals surface area contributed by atoms with E-state index in [4.69, 9.17) is 25.8 Å². The van der Waals surface area contributed by atoms with Gasteiger partial charge in [-0.05, 0) is 36.8 Å². The van der Waals surface area contributed by atoms with Crippen LogP contribution >= 0.6 is 11.6 Å². The zero-order chi connectivity index (χ0) is 19.6. The molecule has 6 nitrogen and oxygen atoms in total. The molecule has 2 aromatic rings. The van der Waals surface area contributed by atoms with Crippen molar-refractivity contribution in [3.8, 4) is 11.5 Å². The van der Waals surface area contributed by atoms with Gasteiger partial charge in [0.2, 0.25) is 6.79 Å². The number of hydrogen-bond acceptors (Lipinski definition) is 5. The highest BCUT2D eigenvalue weighted by molar-refractivity contribution is 6.33. The van der Waals surface area contributed by atoms with Crippen molar-refractivity contribution < 1.29 is 32.6 Å². The number of hydrogen-bond donors (Lipinski definition) is 1. The molecular formula is C18H14ClF2NO5. The molecule has 1 aliphatic rings. The van der Waals surface area contributed by atoms with Crippen LogP contribution in [0.3, 0.4) is 0 Å². The van der Waals surface area contributed by atoms with E-state index in [1.165, 1.54) is 0 Å². The monoisotopic (exact) mass is 397 g/mol. The Morgan fingerprint density at radius 2 is 1.89 bits per heavy atom. The Balaban J connectivity index is 1.56. The highest BCUT2D eigenvalue weighted by Gasteiger charge is 2.19. The highest BCUT2D eigenvalue weighted by Crippen LogP contribution is 2.34. The number of amides is 1. The van der Waals surface area contributed by atoms with E-state index in [2.05, 4.69) is 5.32 Å². The zero-order valence-corrected chi connectivity index (χ0v) is 14.8. The number of fused-ring (bicyclic) bond motifs is 1. The molecule has 142 valence electrons. The van der Waals surface area contributed by atoms with Gasteiger partial charge < -0.3 is 19.5 Å². The molecule has 0 aliphatic carbocycles. The molecule has 1 N–H and O–H groups in total. The number of halogens is 3. The van der Waals surface area contributed by atoms with E-state index in [0.717, 1.165) is 5.56 Å². The van der Waals surface area contributed by atoms with Gasteiger partial charge in [0.25, 0.3) is 5.91 Å². The Kier molecular flexibility index (Phi) is 5.46.